The van der Waals surface area contributed by atoms with Gasteiger partial charge in [0.2, 0.25) is 5.91 Å². The number of hydrogen-bond donors (Lipinski definition) is 1. The topological polar surface area (TPSA) is 80.5 Å². The number of nitrogens with zero attached hydrogens (tertiary/aromatic N) is 1. The van der Waals surface area contributed by atoms with Crippen LogP contribution in [-0.4, -0.2) is 44.1 Å². The highest BCUT2D eigenvalue weighted by atomic mass is 35.5. The Morgan fingerprint density at radius 1 is 1.07 bits per heavy atom. The Morgan fingerprint density at radius 3 is 2.30 bits per heavy atom. The third-order valence-corrected chi connectivity index (χ3v) is 7.74. The molecule has 0 bridgehead atoms. The van der Waals surface area contributed by atoms with Crippen molar-refractivity contribution in [2.75, 3.05) is 19.6 Å². The maximum atomic E-state index is 12.8. The van der Waals surface area contributed by atoms with E-state index in [4.69, 9.17) is 17.3 Å². The van der Waals surface area contributed by atoms with Crippen molar-refractivity contribution in [1.29, 1.82) is 0 Å². The predicted molar refractivity (Wildman–Crippen MR) is 107 cm³/mol. The van der Waals surface area contributed by atoms with Crippen LogP contribution in [0.2, 0.25) is 5.02 Å². The van der Waals surface area contributed by atoms with Crippen LogP contribution >= 0.6 is 11.6 Å². The van der Waals surface area contributed by atoms with Gasteiger partial charge in [-0.05, 0) is 68.2 Å². The van der Waals surface area contributed by atoms with Crippen LogP contribution in [0.4, 0.5) is 0 Å². The second kappa shape index (κ2) is 8.42. The number of nitrogens with two attached hydrogens (primary N) is 1. The van der Waals surface area contributed by atoms with Gasteiger partial charge in [-0.25, -0.2) is 8.42 Å². The van der Waals surface area contributed by atoms with Crippen LogP contribution < -0.4 is 5.73 Å². The van der Waals surface area contributed by atoms with Gasteiger partial charge in [-0.2, -0.15) is 0 Å². The van der Waals surface area contributed by atoms with Crippen molar-refractivity contribution in [2.45, 2.75) is 29.4 Å². The molecule has 2 N–H and O–H groups in total. The molecule has 3 rings (SSSR count). The van der Waals surface area contributed by atoms with Crippen LogP contribution in [-0.2, 0) is 16.3 Å². The van der Waals surface area contributed by atoms with E-state index < -0.39 is 21.0 Å². The Morgan fingerprint density at radius 2 is 1.70 bits per heavy atom. The molecule has 1 amide bonds. The Balaban J connectivity index is 1.57. The van der Waals surface area contributed by atoms with Gasteiger partial charge < -0.3 is 10.6 Å². The van der Waals surface area contributed by atoms with Gasteiger partial charge in [0, 0.05) is 17.1 Å². The summed E-state index contributed by atoms with van der Waals surface area (Å²) in [5, 5.41) is 0.378. The fourth-order valence-electron chi connectivity index (χ4n) is 3.42. The quantitative estimate of drug-likeness (QED) is 0.799. The molecule has 1 aliphatic heterocycles. The van der Waals surface area contributed by atoms with E-state index in [0.717, 1.165) is 36.6 Å². The molecular weight excluding hydrogens is 384 g/mol. The molecule has 1 aliphatic rings. The summed E-state index contributed by atoms with van der Waals surface area (Å²) in [7, 11) is -3.40. The Hall–Kier alpha value is -1.89. The second-order valence-electron chi connectivity index (χ2n) is 6.82. The maximum Gasteiger partial charge on any atom is 0.248 e. The van der Waals surface area contributed by atoms with Crippen molar-refractivity contribution in [2.24, 2.45) is 5.73 Å². The molecule has 0 atom stereocenters. The van der Waals surface area contributed by atoms with Gasteiger partial charge in [-0.15, -0.1) is 0 Å². The van der Waals surface area contributed by atoms with E-state index in [2.05, 4.69) is 4.90 Å². The minimum atomic E-state index is -3.40. The minimum absolute atomic E-state index is 0.252. The zero-order valence-electron chi connectivity index (χ0n) is 15.0. The van der Waals surface area contributed by atoms with Crippen LogP contribution in [0, 0.1) is 0 Å². The maximum absolute atomic E-state index is 12.8. The molecule has 1 saturated heterocycles. The molecule has 7 heteroatoms. The van der Waals surface area contributed by atoms with Crippen LogP contribution in [0.5, 0.6) is 0 Å². The molecule has 5 nitrogen and oxygen atoms in total. The first-order chi connectivity index (χ1) is 12.9. The van der Waals surface area contributed by atoms with Gasteiger partial charge in [-0.3, -0.25) is 4.79 Å². The smallest absolute Gasteiger partial charge is 0.248 e. The van der Waals surface area contributed by atoms with E-state index in [9.17, 15) is 13.2 Å². The summed E-state index contributed by atoms with van der Waals surface area (Å²) < 4.78 is 25.7. The molecule has 0 aromatic heterocycles. The molecular formula is C20H23ClN2O3S. The second-order valence-corrected chi connectivity index (χ2v) is 9.45. The lowest BCUT2D eigenvalue weighted by Crippen LogP contribution is -2.40. The summed E-state index contributed by atoms with van der Waals surface area (Å²) in [6, 6.07) is 13.7. The lowest BCUT2D eigenvalue weighted by molar-refractivity contribution is 0.1000. The molecule has 0 saturated carbocycles. The first kappa shape index (κ1) is 19.9. The van der Waals surface area contributed by atoms with Crippen molar-refractivity contribution in [3.8, 4) is 0 Å². The number of piperidine rings is 1. The molecule has 27 heavy (non-hydrogen) atoms. The number of primary amides is 1. The van der Waals surface area contributed by atoms with Gasteiger partial charge in [0.15, 0.2) is 9.84 Å². The normalized spacial score (nSPS) is 16.3. The number of carbonyl (C=O) groups excluding carboxylic acids is 1. The third-order valence-electron chi connectivity index (χ3n) is 5.10. The Bertz CT molecular complexity index is 905. The number of likely N-dealkylation sites (tertiary alicyclic amines) is 1. The van der Waals surface area contributed by atoms with Gasteiger partial charge in [0.25, 0.3) is 0 Å². The standard InChI is InChI=1S/C20H23ClN2O3S/c21-19-4-2-1-3-15(19)9-12-23-13-10-18(11-14-23)27(25,26)17-7-5-16(6-8-17)20(22)24/h1-8,18H,9-14H2,(H2,22,24). The van der Waals surface area contributed by atoms with Gasteiger partial charge in [0.1, 0.15) is 0 Å². The van der Waals surface area contributed by atoms with Crippen molar-refractivity contribution in [1.82, 2.24) is 4.90 Å². The highest BCUT2D eigenvalue weighted by molar-refractivity contribution is 7.92. The lowest BCUT2D eigenvalue weighted by Gasteiger charge is -2.31. The highest BCUT2D eigenvalue weighted by Gasteiger charge is 2.31. The lowest BCUT2D eigenvalue weighted by atomic mass is 10.1. The van der Waals surface area contributed by atoms with E-state index in [1.165, 1.54) is 24.3 Å². The number of benzene rings is 2. The fraction of sp³-hybridized carbons (Fsp3) is 0.350. The number of amides is 1. The van der Waals surface area contributed by atoms with Gasteiger partial charge in [0.05, 0.1) is 10.1 Å². The minimum Gasteiger partial charge on any atom is -0.366 e. The summed E-state index contributed by atoms with van der Waals surface area (Å²) in [6.07, 6.45) is 2.05. The molecule has 144 valence electrons. The molecule has 0 unspecified atom stereocenters. The average molecular weight is 407 g/mol. The first-order valence-corrected chi connectivity index (χ1v) is 10.9. The molecule has 0 radical (unpaired) electrons. The van der Waals surface area contributed by atoms with E-state index >= 15 is 0 Å². The number of hydrogen-bond acceptors (Lipinski definition) is 4. The summed E-state index contributed by atoms with van der Waals surface area (Å²) in [5.41, 5.74) is 6.63. The SMILES string of the molecule is NC(=O)c1ccc(S(=O)(=O)C2CCN(CCc3ccccc3Cl)CC2)cc1. The molecule has 0 aliphatic carbocycles. The first-order valence-electron chi connectivity index (χ1n) is 8.97. The Labute approximate surface area is 165 Å². The van der Waals surface area contributed by atoms with E-state index in [1.807, 2.05) is 24.3 Å². The Kier molecular flexibility index (Phi) is 6.19. The zero-order chi connectivity index (χ0) is 19.4. The summed E-state index contributed by atoms with van der Waals surface area (Å²) in [4.78, 5) is 13.7. The third kappa shape index (κ3) is 4.69. The van der Waals surface area contributed by atoms with Gasteiger partial charge in [-0.1, -0.05) is 29.8 Å². The average Bonchev–Trinajstić information content (AvgIpc) is 2.68. The van der Waals surface area contributed by atoms with E-state index in [-0.39, 0.29) is 4.90 Å². The zero-order valence-corrected chi connectivity index (χ0v) is 16.5. The van der Waals surface area contributed by atoms with Crippen molar-refractivity contribution in [3.05, 3.63) is 64.7 Å². The van der Waals surface area contributed by atoms with E-state index in [0.29, 0.717) is 18.4 Å². The van der Waals surface area contributed by atoms with E-state index in [1.54, 1.807) is 0 Å². The number of halogens is 1. The predicted octanol–water partition coefficient (Wildman–Crippen LogP) is 2.92. The number of rotatable bonds is 6. The molecule has 2 aromatic carbocycles. The fourth-order valence-corrected chi connectivity index (χ4v) is 5.39. The molecule has 1 fully saturated rings. The van der Waals surface area contributed by atoms with Crippen LogP contribution in [0.25, 0.3) is 0 Å². The summed E-state index contributed by atoms with van der Waals surface area (Å²) in [5.74, 6) is -0.564. The van der Waals surface area contributed by atoms with Crippen LogP contribution in [0.1, 0.15) is 28.8 Å². The summed E-state index contributed by atoms with van der Waals surface area (Å²) in [6.45, 7) is 2.35. The number of sulfone groups is 1. The number of carbonyl (C=O) groups is 1. The highest BCUT2D eigenvalue weighted by Crippen LogP contribution is 2.25. The van der Waals surface area contributed by atoms with Crippen molar-refractivity contribution < 1.29 is 13.2 Å². The van der Waals surface area contributed by atoms with Gasteiger partial charge >= 0.3 is 0 Å². The molecule has 1 heterocycles. The largest absolute Gasteiger partial charge is 0.366 e. The monoisotopic (exact) mass is 406 g/mol. The van der Waals surface area contributed by atoms with Crippen molar-refractivity contribution >= 4 is 27.3 Å². The molecule has 0 spiro atoms. The van der Waals surface area contributed by atoms with Crippen molar-refractivity contribution in [3.63, 3.8) is 0 Å². The van der Waals surface area contributed by atoms with Crippen LogP contribution in [0.15, 0.2) is 53.4 Å². The van der Waals surface area contributed by atoms with Crippen LogP contribution in [0.3, 0.4) is 0 Å². The molecule has 2 aromatic rings. The summed E-state index contributed by atoms with van der Waals surface area (Å²) >= 11 is 6.20.